The van der Waals surface area contributed by atoms with Crippen LogP contribution in [0.1, 0.15) is 39.2 Å². The number of hydrogen-bond acceptors (Lipinski definition) is 2. The van der Waals surface area contributed by atoms with E-state index in [1.807, 2.05) is 12.4 Å². The van der Waals surface area contributed by atoms with Gasteiger partial charge in [0.1, 0.15) is 6.54 Å². The molecule has 0 bridgehead atoms. The van der Waals surface area contributed by atoms with E-state index in [0.717, 1.165) is 12.8 Å². The molecule has 0 N–H and O–H groups in total. The highest BCUT2D eigenvalue weighted by Gasteiger charge is 2.20. The summed E-state index contributed by atoms with van der Waals surface area (Å²) < 4.78 is 1.69. The molecular formula is C11H17N3. The van der Waals surface area contributed by atoms with Crippen molar-refractivity contribution in [1.29, 1.82) is 5.26 Å². The van der Waals surface area contributed by atoms with Crippen LogP contribution in [0.5, 0.6) is 0 Å². The summed E-state index contributed by atoms with van der Waals surface area (Å²) in [6.45, 7) is 6.94. The van der Waals surface area contributed by atoms with E-state index in [0.29, 0.717) is 6.54 Å². The first-order chi connectivity index (χ1) is 6.60. The lowest BCUT2D eigenvalue weighted by Gasteiger charge is -2.21. The predicted octanol–water partition coefficient (Wildman–Crippen LogP) is 2.48. The van der Waals surface area contributed by atoms with Crippen LogP contribution in [0.25, 0.3) is 0 Å². The molecule has 0 spiro atoms. The third-order valence-corrected chi connectivity index (χ3v) is 2.52. The molecule has 0 amide bonds. The SMILES string of the molecule is CCCC(C)(C)c1cnn(CC#N)c1. The van der Waals surface area contributed by atoms with E-state index in [1.165, 1.54) is 5.56 Å². The summed E-state index contributed by atoms with van der Waals surface area (Å²) in [6.07, 6.45) is 6.15. The maximum atomic E-state index is 8.52. The maximum Gasteiger partial charge on any atom is 0.128 e. The molecule has 1 aromatic rings. The van der Waals surface area contributed by atoms with Crippen LogP contribution in [0.4, 0.5) is 0 Å². The van der Waals surface area contributed by atoms with Crippen LogP contribution in [0.15, 0.2) is 12.4 Å². The van der Waals surface area contributed by atoms with Gasteiger partial charge < -0.3 is 0 Å². The number of rotatable bonds is 4. The molecule has 1 heterocycles. The Morgan fingerprint density at radius 3 is 2.86 bits per heavy atom. The van der Waals surface area contributed by atoms with Gasteiger partial charge in [0.2, 0.25) is 0 Å². The van der Waals surface area contributed by atoms with Gasteiger partial charge in [0.15, 0.2) is 0 Å². The normalized spacial score (nSPS) is 11.3. The Labute approximate surface area is 85.4 Å². The van der Waals surface area contributed by atoms with Crippen molar-refractivity contribution in [2.45, 2.75) is 45.6 Å². The minimum Gasteiger partial charge on any atom is -0.258 e. The third-order valence-electron chi connectivity index (χ3n) is 2.52. The van der Waals surface area contributed by atoms with Crippen molar-refractivity contribution in [3.05, 3.63) is 18.0 Å². The molecule has 0 radical (unpaired) electrons. The summed E-state index contributed by atoms with van der Waals surface area (Å²) in [5.74, 6) is 0. The fraction of sp³-hybridized carbons (Fsp3) is 0.636. The van der Waals surface area contributed by atoms with Crippen molar-refractivity contribution in [1.82, 2.24) is 9.78 Å². The molecule has 0 aliphatic heterocycles. The molecule has 76 valence electrons. The van der Waals surface area contributed by atoms with Gasteiger partial charge in [0.05, 0.1) is 12.3 Å². The molecule has 0 aliphatic carbocycles. The summed E-state index contributed by atoms with van der Waals surface area (Å²) in [5, 5.41) is 12.7. The average molecular weight is 191 g/mol. The van der Waals surface area contributed by atoms with E-state index in [1.54, 1.807) is 4.68 Å². The van der Waals surface area contributed by atoms with Gasteiger partial charge >= 0.3 is 0 Å². The van der Waals surface area contributed by atoms with Gasteiger partial charge in [-0.2, -0.15) is 10.4 Å². The standard InChI is InChI=1S/C11H17N3/c1-4-5-11(2,3)10-8-13-14(9-10)7-6-12/h8-9H,4-5,7H2,1-3H3. The predicted molar refractivity (Wildman–Crippen MR) is 55.8 cm³/mol. The first kappa shape index (κ1) is 10.8. The molecule has 0 aromatic carbocycles. The molecule has 3 nitrogen and oxygen atoms in total. The Morgan fingerprint density at radius 1 is 1.57 bits per heavy atom. The second-order valence-corrected chi connectivity index (χ2v) is 4.22. The largest absolute Gasteiger partial charge is 0.258 e. The molecule has 0 saturated heterocycles. The maximum absolute atomic E-state index is 8.52. The Morgan fingerprint density at radius 2 is 2.29 bits per heavy atom. The second kappa shape index (κ2) is 4.28. The van der Waals surface area contributed by atoms with Gasteiger partial charge in [-0.25, -0.2) is 0 Å². The molecule has 0 atom stereocenters. The van der Waals surface area contributed by atoms with Crippen molar-refractivity contribution >= 4 is 0 Å². The Kier molecular flexibility index (Phi) is 3.29. The van der Waals surface area contributed by atoms with Gasteiger partial charge in [-0.3, -0.25) is 4.68 Å². The Balaban J connectivity index is 2.80. The van der Waals surface area contributed by atoms with E-state index in [9.17, 15) is 0 Å². The molecule has 0 unspecified atom stereocenters. The first-order valence-electron chi connectivity index (χ1n) is 5.00. The fourth-order valence-electron chi connectivity index (χ4n) is 1.64. The second-order valence-electron chi connectivity index (χ2n) is 4.22. The van der Waals surface area contributed by atoms with Crippen LogP contribution in [-0.2, 0) is 12.0 Å². The van der Waals surface area contributed by atoms with Crippen LogP contribution in [-0.4, -0.2) is 9.78 Å². The lowest BCUT2D eigenvalue weighted by molar-refractivity contribution is 0.472. The van der Waals surface area contributed by atoms with E-state index in [2.05, 4.69) is 31.9 Å². The molecular weight excluding hydrogens is 174 g/mol. The van der Waals surface area contributed by atoms with Gasteiger partial charge in [0.25, 0.3) is 0 Å². The third kappa shape index (κ3) is 2.35. The topological polar surface area (TPSA) is 41.6 Å². The van der Waals surface area contributed by atoms with Crippen molar-refractivity contribution in [3.63, 3.8) is 0 Å². The minimum atomic E-state index is 0.169. The lowest BCUT2D eigenvalue weighted by atomic mass is 9.83. The lowest BCUT2D eigenvalue weighted by Crippen LogP contribution is -2.15. The highest BCUT2D eigenvalue weighted by molar-refractivity contribution is 5.16. The minimum absolute atomic E-state index is 0.169. The van der Waals surface area contributed by atoms with Gasteiger partial charge in [-0.15, -0.1) is 0 Å². The summed E-state index contributed by atoms with van der Waals surface area (Å²) >= 11 is 0. The molecule has 0 saturated carbocycles. The van der Waals surface area contributed by atoms with Crippen molar-refractivity contribution in [2.75, 3.05) is 0 Å². The van der Waals surface area contributed by atoms with Crippen LogP contribution in [0.3, 0.4) is 0 Å². The van der Waals surface area contributed by atoms with E-state index >= 15 is 0 Å². The van der Waals surface area contributed by atoms with E-state index in [-0.39, 0.29) is 5.41 Å². The summed E-state index contributed by atoms with van der Waals surface area (Å²) in [5.41, 5.74) is 1.39. The molecule has 0 fully saturated rings. The van der Waals surface area contributed by atoms with E-state index < -0.39 is 0 Å². The molecule has 1 aromatic heterocycles. The zero-order chi connectivity index (χ0) is 10.6. The van der Waals surface area contributed by atoms with Crippen LogP contribution in [0, 0.1) is 11.3 Å². The first-order valence-corrected chi connectivity index (χ1v) is 5.00. The summed E-state index contributed by atoms with van der Waals surface area (Å²) in [6, 6.07) is 2.08. The van der Waals surface area contributed by atoms with E-state index in [4.69, 9.17) is 5.26 Å². The zero-order valence-corrected chi connectivity index (χ0v) is 9.12. The fourth-order valence-corrected chi connectivity index (χ4v) is 1.64. The van der Waals surface area contributed by atoms with Gasteiger partial charge in [0, 0.05) is 6.20 Å². The quantitative estimate of drug-likeness (QED) is 0.733. The monoisotopic (exact) mass is 191 g/mol. The molecule has 1 rings (SSSR count). The van der Waals surface area contributed by atoms with Crippen molar-refractivity contribution in [2.24, 2.45) is 0 Å². The van der Waals surface area contributed by atoms with Crippen LogP contribution in [0.2, 0.25) is 0 Å². The number of hydrogen-bond donors (Lipinski definition) is 0. The van der Waals surface area contributed by atoms with Crippen molar-refractivity contribution < 1.29 is 0 Å². The summed E-state index contributed by atoms with van der Waals surface area (Å²) in [4.78, 5) is 0. The number of aromatic nitrogens is 2. The van der Waals surface area contributed by atoms with Gasteiger partial charge in [-0.1, -0.05) is 27.2 Å². The van der Waals surface area contributed by atoms with Crippen LogP contribution >= 0.6 is 0 Å². The highest BCUT2D eigenvalue weighted by Crippen LogP contribution is 2.27. The Hall–Kier alpha value is -1.30. The van der Waals surface area contributed by atoms with Crippen LogP contribution < -0.4 is 0 Å². The van der Waals surface area contributed by atoms with Crippen molar-refractivity contribution in [3.8, 4) is 6.07 Å². The number of nitrogens with zero attached hydrogens (tertiary/aromatic N) is 3. The molecule has 3 heteroatoms. The molecule has 0 aliphatic rings. The smallest absolute Gasteiger partial charge is 0.128 e. The van der Waals surface area contributed by atoms with Gasteiger partial charge in [-0.05, 0) is 17.4 Å². The number of nitriles is 1. The molecule has 14 heavy (non-hydrogen) atoms. The Bertz CT molecular complexity index is 331. The zero-order valence-electron chi connectivity index (χ0n) is 9.12. The average Bonchev–Trinajstić information content (AvgIpc) is 2.54. The highest BCUT2D eigenvalue weighted by atomic mass is 15.3. The summed E-state index contributed by atoms with van der Waals surface area (Å²) in [7, 11) is 0.